The molecular formula is C14H24N4O3S. The molecule has 124 valence electrons. The highest BCUT2D eigenvalue weighted by atomic mass is 32.2. The Morgan fingerprint density at radius 3 is 2.73 bits per heavy atom. The molecule has 1 aliphatic rings. The van der Waals surface area contributed by atoms with Crippen molar-refractivity contribution < 1.29 is 13.2 Å². The van der Waals surface area contributed by atoms with Crippen molar-refractivity contribution in [3.63, 3.8) is 0 Å². The molecule has 1 atom stereocenters. The summed E-state index contributed by atoms with van der Waals surface area (Å²) in [6.07, 6.45) is 2.09. The van der Waals surface area contributed by atoms with E-state index in [4.69, 9.17) is 4.74 Å². The van der Waals surface area contributed by atoms with E-state index in [0.717, 1.165) is 18.7 Å². The van der Waals surface area contributed by atoms with Crippen molar-refractivity contribution in [3.05, 3.63) is 12.1 Å². The van der Waals surface area contributed by atoms with Crippen LogP contribution in [0.25, 0.3) is 0 Å². The Bertz CT molecular complexity index is 574. The molecule has 0 aliphatic carbocycles. The minimum absolute atomic E-state index is 0.167. The van der Waals surface area contributed by atoms with Gasteiger partial charge in [-0.3, -0.25) is 0 Å². The lowest BCUT2D eigenvalue weighted by molar-refractivity contribution is 0.123. The Kier molecular flexibility index (Phi) is 5.57. The monoisotopic (exact) mass is 328 g/mol. The molecule has 0 saturated carbocycles. The molecule has 22 heavy (non-hydrogen) atoms. The summed E-state index contributed by atoms with van der Waals surface area (Å²) in [4.78, 5) is 1.86. The maximum absolute atomic E-state index is 12.1. The van der Waals surface area contributed by atoms with Gasteiger partial charge in [0.25, 0.3) is 0 Å². The molecule has 7 nitrogen and oxygen atoms in total. The topological polar surface area (TPSA) is 75.6 Å². The van der Waals surface area contributed by atoms with Gasteiger partial charge in [-0.2, -0.15) is 4.31 Å². The van der Waals surface area contributed by atoms with Crippen molar-refractivity contribution >= 4 is 15.8 Å². The Hall–Kier alpha value is -1.41. The second kappa shape index (κ2) is 7.23. The van der Waals surface area contributed by atoms with Gasteiger partial charge in [0, 0.05) is 26.7 Å². The molecule has 2 heterocycles. The Morgan fingerprint density at radius 2 is 2.14 bits per heavy atom. The first-order chi connectivity index (χ1) is 10.4. The zero-order valence-electron chi connectivity index (χ0n) is 13.4. The van der Waals surface area contributed by atoms with E-state index >= 15 is 0 Å². The zero-order chi connectivity index (χ0) is 16.2. The molecule has 1 aliphatic heterocycles. The summed E-state index contributed by atoms with van der Waals surface area (Å²) in [5.41, 5.74) is 0. The molecule has 0 N–H and O–H groups in total. The summed E-state index contributed by atoms with van der Waals surface area (Å²) in [6.45, 7) is 2.84. The molecule has 1 unspecified atom stereocenters. The molecule has 1 saturated heterocycles. The maximum Gasteiger partial charge on any atom is 0.233 e. The van der Waals surface area contributed by atoms with E-state index in [0.29, 0.717) is 25.4 Å². The number of hydrogen-bond acceptors (Lipinski definition) is 6. The third-order valence-electron chi connectivity index (χ3n) is 3.57. The fourth-order valence-electron chi connectivity index (χ4n) is 2.43. The highest BCUT2D eigenvalue weighted by molar-refractivity contribution is 7.89. The molecule has 1 aromatic heterocycles. The smallest absolute Gasteiger partial charge is 0.233 e. The number of anilines is 1. The molecule has 0 radical (unpaired) electrons. The Morgan fingerprint density at radius 1 is 1.36 bits per heavy atom. The lowest BCUT2D eigenvalue weighted by atomic mass is 10.1. The molecule has 0 aromatic carbocycles. The fraction of sp³-hybridized carbons (Fsp3) is 0.714. The van der Waals surface area contributed by atoms with Gasteiger partial charge in [-0.25, -0.2) is 8.42 Å². The van der Waals surface area contributed by atoms with E-state index in [9.17, 15) is 8.42 Å². The van der Waals surface area contributed by atoms with Crippen LogP contribution in [0.1, 0.15) is 26.2 Å². The van der Waals surface area contributed by atoms with Crippen molar-refractivity contribution in [2.24, 2.45) is 0 Å². The van der Waals surface area contributed by atoms with Gasteiger partial charge < -0.3 is 9.64 Å². The van der Waals surface area contributed by atoms with E-state index in [-0.39, 0.29) is 11.9 Å². The number of hydrogen-bond donors (Lipinski definition) is 0. The minimum Gasteiger partial charge on any atom is -0.472 e. The second-order valence-corrected chi connectivity index (χ2v) is 7.77. The van der Waals surface area contributed by atoms with Crippen molar-refractivity contribution in [2.75, 3.05) is 37.8 Å². The first-order valence-electron chi connectivity index (χ1n) is 7.58. The molecular weight excluding hydrogens is 304 g/mol. The second-order valence-electron chi connectivity index (χ2n) is 5.68. The van der Waals surface area contributed by atoms with Gasteiger partial charge in [-0.15, -0.1) is 10.2 Å². The molecule has 1 fully saturated rings. The van der Waals surface area contributed by atoms with Crippen LogP contribution in [0.3, 0.4) is 0 Å². The molecule has 2 rings (SSSR count). The average Bonchev–Trinajstić information content (AvgIpc) is 2.48. The molecule has 8 heteroatoms. The summed E-state index contributed by atoms with van der Waals surface area (Å²) in [7, 11) is 0.616. The third-order valence-corrected chi connectivity index (χ3v) is 5.61. The summed E-state index contributed by atoms with van der Waals surface area (Å²) in [5.74, 6) is 1.38. The highest BCUT2D eigenvalue weighted by Crippen LogP contribution is 2.20. The number of nitrogens with zero attached hydrogens (tertiary/aromatic N) is 4. The van der Waals surface area contributed by atoms with Crippen LogP contribution >= 0.6 is 0 Å². The SMILES string of the molecule is CCCS(=O)(=O)N1CCCC(Oc2ccc(N(C)C)nn2)C1. The first kappa shape index (κ1) is 17.0. The Balaban J connectivity index is 1.98. The average molecular weight is 328 g/mol. The summed E-state index contributed by atoms with van der Waals surface area (Å²) >= 11 is 0. The fourth-order valence-corrected chi connectivity index (χ4v) is 4.00. The van der Waals surface area contributed by atoms with Crippen LogP contribution < -0.4 is 9.64 Å². The van der Waals surface area contributed by atoms with E-state index < -0.39 is 10.0 Å². The van der Waals surface area contributed by atoms with Crippen LogP contribution in [0, 0.1) is 0 Å². The molecule has 0 amide bonds. The number of sulfonamides is 1. The summed E-state index contributed by atoms with van der Waals surface area (Å²) in [6, 6.07) is 3.60. The van der Waals surface area contributed by atoms with Crippen LogP contribution in [0.5, 0.6) is 5.88 Å². The lowest BCUT2D eigenvalue weighted by Crippen LogP contribution is -2.45. The first-order valence-corrected chi connectivity index (χ1v) is 9.19. The van der Waals surface area contributed by atoms with Crippen LogP contribution in [0.4, 0.5) is 5.82 Å². The van der Waals surface area contributed by atoms with Crippen LogP contribution in [0.2, 0.25) is 0 Å². The largest absolute Gasteiger partial charge is 0.472 e. The van der Waals surface area contributed by atoms with Crippen LogP contribution in [-0.2, 0) is 10.0 Å². The number of aromatic nitrogens is 2. The normalized spacial score (nSPS) is 19.9. The molecule has 0 spiro atoms. The predicted octanol–water partition coefficient (Wildman–Crippen LogP) is 1.13. The van der Waals surface area contributed by atoms with Gasteiger partial charge >= 0.3 is 0 Å². The minimum atomic E-state index is -3.17. The van der Waals surface area contributed by atoms with Crippen molar-refractivity contribution in [2.45, 2.75) is 32.3 Å². The van der Waals surface area contributed by atoms with Gasteiger partial charge in [0.2, 0.25) is 15.9 Å². The summed E-state index contributed by atoms with van der Waals surface area (Å²) in [5, 5.41) is 8.10. The Labute approximate surface area is 132 Å². The van der Waals surface area contributed by atoms with Gasteiger partial charge in [-0.05, 0) is 25.3 Å². The lowest BCUT2D eigenvalue weighted by Gasteiger charge is -2.31. The van der Waals surface area contributed by atoms with Crippen molar-refractivity contribution in [1.29, 1.82) is 0 Å². The van der Waals surface area contributed by atoms with Crippen molar-refractivity contribution in [3.8, 4) is 5.88 Å². The van der Waals surface area contributed by atoms with E-state index in [1.807, 2.05) is 32.0 Å². The van der Waals surface area contributed by atoms with Crippen molar-refractivity contribution in [1.82, 2.24) is 14.5 Å². The zero-order valence-corrected chi connectivity index (χ0v) is 14.2. The highest BCUT2D eigenvalue weighted by Gasteiger charge is 2.29. The van der Waals surface area contributed by atoms with E-state index in [1.54, 1.807) is 6.07 Å². The van der Waals surface area contributed by atoms with Crippen LogP contribution in [-0.4, -0.2) is 62.0 Å². The standard InChI is InChI=1S/C14H24N4O3S/c1-4-10-22(19,20)18-9-5-6-12(11-18)21-14-8-7-13(15-16-14)17(2)3/h7-8,12H,4-6,9-11H2,1-3H3. The number of rotatable bonds is 6. The number of ether oxygens (including phenoxy) is 1. The third kappa shape index (κ3) is 4.30. The maximum atomic E-state index is 12.1. The van der Waals surface area contributed by atoms with Gasteiger partial charge in [0.05, 0.1) is 12.3 Å². The van der Waals surface area contributed by atoms with Gasteiger partial charge in [-0.1, -0.05) is 6.92 Å². The summed E-state index contributed by atoms with van der Waals surface area (Å²) < 4.78 is 31.6. The quantitative estimate of drug-likeness (QED) is 0.779. The number of piperidine rings is 1. The van der Waals surface area contributed by atoms with E-state index in [2.05, 4.69) is 10.2 Å². The van der Waals surface area contributed by atoms with E-state index in [1.165, 1.54) is 4.31 Å². The van der Waals surface area contributed by atoms with Gasteiger partial charge in [0.15, 0.2) is 5.82 Å². The molecule has 0 bridgehead atoms. The van der Waals surface area contributed by atoms with Crippen LogP contribution in [0.15, 0.2) is 12.1 Å². The molecule has 1 aromatic rings. The predicted molar refractivity (Wildman–Crippen MR) is 85.7 cm³/mol. The van der Waals surface area contributed by atoms with Gasteiger partial charge in [0.1, 0.15) is 6.10 Å².